The van der Waals surface area contributed by atoms with Gasteiger partial charge >= 0.3 is 0 Å². The summed E-state index contributed by atoms with van der Waals surface area (Å²) in [6.07, 6.45) is 0. The summed E-state index contributed by atoms with van der Waals surface area (Å²) in [5, 5.41) is 16.2. The molecular weight excluding hydrogens is 510 g/mol. The van der Waals surface area contributed by atoms with Crippen LogP contribution in [0.15, 0.2) is 53.5 Å². The Kier molecular flexibility index (Phi) is 11.0. The van der Waals surface area contributed by atoms with Crippen molar-refractivity contribution in [3.63, 3.8) is 0 Å². The van der Waals surface area contributed by atoms with Crippen LogP contribution >= 0.6 is 24.0 Å². The first-order valence-electron chi connectivity index (χ1n) is 10.5. The number of aliphatic hydroxyl groups is 1. The Balaban J connectivity index is 0.00000341. The van der Waals surface area contributed by atoms with Gasteiger partial charge in [-0.1, -0.05) is 36.4 Å². The van der Waals surface area contributed by atoms with Crippen molar-refractivity contribution in [3.8, 4) is 0 Å². The summed E-state index contributed by atoms with van der Waals surface area (Å²) in [7, 11) is 0. The van der Waals surface area contributed by atoms with Gasteiger partial charge in [-0.15, -0.1) is 24.0 Å². The van der Waals surface area contributed by atoms with E-state index < -0.39 is 0 Å². The van der Waals surface area contributed by atoms with Crippen LogP contribution < -0.4 is 15.5 Å². The molecule has 0 radical (unpaired) electrons. The average molecular weight is 542 g/mol. The van der Waals surface area contributed by atoms with Crippen LogP contribution in [0, 0.1) is 5.82 Å². The molecule has 8 heteroatoms. The standard InChI is InChI=1S/C23H31FN4O2.HI/c1-2-25-23(27-16-20(17-29)19-6-4-3-5-7-19)26-15-18-8-9-22(21(24)14-18)28-10-12-30-13-11-28;/h3-9,14,20,29H,2,10-13,15-17H2,1H3,(H2,25,26,27);1H. The molecule has 1 fully saturated rings. The van der Waals surface area contributed by atoms with Gasteiger partial charge in [0.2, 0.25) is 0 Å². The minimum atomic E-state index is -0.230. The zero-order valence-corrected chi connectivity index (χ0v) is 20.2. The number of morpholine rings is 1. The van der Waals surface area contributed by atoms with Crippen molar-refractivity contribution >= 4 is 35.6 Å². The van der Waals surface area contributed by atoms with Crippen molar-refractivity contribution in [3.05, 3.63) is 65.5 Å². The lowest BCUT2D eigenvalue weighted by Crippen LogP contribution is -2.40. The number of aliphatic imine (C=N–C) groups is 1. The highest BCUT2D eigenvalue weighted by atomic mass is 127. The molecule has 1 saturated heterocycles. The third kappa shape index (κ3) is 7.62. The van der Waals surface area contributed by atoms with Crippen LogP contribution in [-0.2, 0) is 11.3 Å². The molecule has 2 aromatic rings. The van der Waals surface area contributed by atoms with Crippen LogP contribution in [0.1, 0.15) is 24.0 Å². The molecule has 1 aliphatic rings. The van der Waals surface area contributed by atoms with Crippen LogP contribution in [0.4, 0.5) is 10.1 Å². The number of rotatable bonds is 8. The lowest BCUT2D eigenvalue weighted by Gasteiger charge is -2.29. The van der Waals surface area contributed by atoms with Crippen LogP contribution in [0.2, 0.25) is 0 Å². The number of aliphatic hydroxyl groups excluding tert-OH is 1. The van der Waals surface area contributed by atoms with Crippen molar-refractivity contribution < 1.29 is 14.2 Å². The fourth-order valence-corrected chi connectivity index (χ4v) is 3.45. The Morgan fingerprint density at radius 3 is 2.55 bits per heavy atom. The molecule has 170 valence electrons. The maximum absolute atomic E-state index is 14.6. The minimum absolute atomic E-state index is 0. The Morgan fingerprint density at radius 2 is 1.90 bits per heavy atom. The molecule has 3 rings (SSSR count). The maximum atomic E-state index is 14.6. The zero-order chi connectivity index (χ0) is 21.2. The third-order valence-electron chi connectivity index (χ3n) is 5.14. The number of guanidine groups is 1. The summed E-state index contributed by atoms with van der Waals surface area (Å²) in [6, 6.07) is 15.2. The number of benzene rings is 2. The van der Waals surface area contributed by atoms with Crippen molar-refractivity contribution in [2.75, 3.05) is 50.9 Å². The van der Waals surface area contributed by atoms with E-state index in [2.05, 4.69) is 15.6 Å². The van der Waals surface area contributed by atoms with E-state index in [1.165, 1.54) is 0 Å². The number of ether oxygens (including phenoxy) is 1. The predicted molar refractivity (Wildman–Crippen MR) is 134 cm³/mol. The van der Waals surface area contributed by atoms with Gasteiger partial charge in [0.05, 0.1) is 32.1 Å². The highest BCUT2D eigenvalue weighted by Crippen LogP contribution is 2.22. The van der Waals surface area contributed by atoms with Gasteiger partial charge in [0, 0.05) is 32.1 Å². The number of hydrogen-bond donors (Lipinski definition) is 3. The summed E-state index contributed by atoms with van der Waals surface area (Å²) < 4.78 is 19.9. The number of anilines is 1. The highest BCUT2D eigenvalue weighted by molar-refractivity contribution is 14.0. The first kappa shape index (κ1) is 25.4. The normalized spacial score (nSPS) is 15.2. The Labute approximate surface area is 200 Å². The molecule has 1 unspecified atom stereocenters. The zero-order valence-electron chi connectivity index (χ0n) is 17.9. The summed E-state index contributed by atoms with van der Waals surface area (Å²) in [5.41, 5.74) is 2.50. The van der Waals surface area contributed by atoms with Gasteiger partial charge in [-0.25, -0.2) is 9.38 Å². The van der Waals surface area contributed by atoms with E-state index in [0.29, 0.717) is 57.6 Å². The smallest absolute Gasteiger partial charge is 0.191 e. The monoisotopic (exact) mass is 542 g/mol. The lowest BCUT2D eigenvalue weighted by molar-refractivity contribution is 0.122. The molecule has 6 nitrogen and oxygen atoms in total. The first-order valence-corrected chi connectivity index (χ1v) is 10.5. The van der Waals surface area contributed by atoms with Crippen LogP contribution in [0.5, 0.6) is 0 Å². The average Bonchev–Trinajstić information content (AvgIpc) is 2.79. The maximum Gasteiger partial charge on any atom is 0.191 e. The molecule has 1 heterocycles. The van der Waals surface area contributed by atoms with Crippen LogP contribution in [0.25, 0.3) is 0 Å². The molecule has 31 heavy (non-hydrogen) atoms. The molecule has 0 aromatic heterocycles. The van der Waals surface area contributed by atoms with E-state index in [9.17, 15) is 9.50 Å². The quantitative estimate of drug-likeness (QED) is 0.272. The second kappa shape index (κ2) is 13.5. The van der Waals surface area contributed by atoms with Crippen molar-refractivity contribution in [1.29, 1.82) is 0 Å². The number of nitrogens with one attached hydrogen (secondary N) is 2. The topological polar surface area (TPSA) is 69.1 Å². The molecule has 1 aliphatic heterocycles. The number of nitrogens with zero attached hydrogens (tertiary/aromatic N) is 2. The van der Waals surface area contributed by atoms with Gasteiger partial charge in [-0.3, -0.25) is 0 Å². The molecule has 0 amide bonds. The Morgan fingerprint density at radius 1 is 1.16 bits per heavy atom. The van der Waals surface area contributed by atoms with E-state index in [1.807, 2.05) is 54.3 Å². The molecule has 1 atom stereocenters. The van der Waals surface area contributed by atoms with Gasteiger partial charge in [0.1, 0.15) is 5.82 Å². The van der Waals surface area contributed by atoms with Crippen molar-refractivity contribution in [2.45, 2.75) is 19.4 Å². The molecule has 0 saturated carbocycles. The largest absolute Gasteiger partial charge is 0.396 e. The van der Waals surface area contributed by atoms with E-state index in [4.69, 9.17) is 4.74 Å². The van der Waals surface area contributed by atoms with Gasteiger partial charge in [0.25, 0.3) is 0 Å². The second-order valence-corrected chi connectivity index (χ2v) is 7.25. The molecule has 3 N–H and O–H groups in total. The third-order valence-corrected chi connectivity index (χ3v) is 5.14. The van der Waals surface area contributed by atoms with Gasteiger partial charge in [0.15, 0.2) is 5.96 Å². The summed E-state index contributed by atoms with van der Waals surface area (Å²) in [4.78, 5) is 6.59. The summed E-state index contributed by atoms with van der Waals surface area (Å²) in [6.45, 7) is 6.33. The highest BCUT2D eigenvalue weighted by Gasteiger charge is 2.15. The molecule has 2 aromatic carbocycles. The fourth-order valence-electron chi connectivity index (χ4n) is 3.45. The summed E-state index contributed by atoms with van der Waals surface area (Å²) >= 11 is 0. The molecule has 0 bridgehead atoms. The number of halogens is 2. The summed E-state index contributed by atoms with van der Waals surface area (Å²) in [5.74, 6) is 0.386. The van der Waals surface area contributed by atoms with Crippen LogP contribution in [0.3, 0.4) is 0 Å². The lowest BCUT2D eigenvalue weighted by atomic mass is 10.0. The van der Waals surface area contributed by atoms with E-state index in [0.717, 1.165) is 11.1 Å². The van der Waals surface area contributed by atoms with Gasteiger partial charge < -0.3 is 25.4 Å². The second-order valence-electron chi connectivity index (χ2n) is 7.25. The van der Waals surface area contributed by atoms with Crippen LogP contribution in [-0.4, -0.2) is 57.1 Å². The molecular formula is C23H32FIN4O2. The fraction of sp³-hybridized carbons (Fsp3) is 0.435. The van der Waals surface area contributed by atoms with E-state index >= 15 is 0 Å². The van der Waals surface area contributed by atoms with E-state index in [-0.39, 0.29) is 42.3 Å². The van der Waals surface area contributed by atoms with E-state index in [1.54, 1.807) is 6.07 Å². The van der Waals surface area contributed by atoms with Gasteiger partial charge in [-0.05, 0) is 30.2 Å². The first-order chi connectivity index (χ1) is 14.7. The van der Waals surface area contributed by atoms with Crippen molar-refractivity contribution in [1.82, 2.24) is 10.6 Å². The van der Waals surface area contributed by atoms with Crippen molar-refractivity contribution in [2.24, 2.45) is 4.99 Å². The Hall–Kier alpha value is -1.91. The Bertz CT molecular complexity index is 816. The SMILES string of the molecule is CCNC(=NCc1ccc(N2CCOCC2)c(F)c1)NCC(CO)c1ccccc1.I. The number of hydrogen-bond acceptors (Lipinski definition) is 4. The molecule has 0 spiro atoms. The minimum Gasteiger partial charge on any atom is -0.396 e. The van der Waals surface area contributed by atoms with Gasteiger partial charge in [-0.2, -0.15) is 0 Å². The predicted octanol–water partition coefficient (Wildman–Crippen LogP) is 3.11. The molecule has 0 aliphatic carbocycles.